The molecule has 1 aliphatic carbocycles. The highest BCUT2D eigenvalue weighted by Gasteiger charge is 2.29. The van der Waals surface area contributed by atoms with Crippen molar-refractivity contribution in [2.45, 2.75) is 70.9 Å². The molecule has 0 bridgehead atoms. The predicted molar refractivity (Wildman–Crippen MR) is 185 cm³/mol. The lowest BCUT2D eigenvalue weighted by Crippen LogP contribution is -2.45. The van der Waals surface area contributed by atoms with E-state index in [-0.39, 0.29) is 30.6 Å². The topological polar surface area (TPSA) is 206 Å². The number of nitrogens with two attached hydrogens (primary N) is 1. The molecule has 1 aliphatic rings. The molecule has 0 heterocycles. The van der Waals surface area contributed by atoms with Gasteiger partial charge in [0.2, 0.25) is 17.6 Å². The molecule has 15 nitrogen and oxygen atoms in total. The Balaban J connectivity index is 2.01. The standard InChI is InChI=1S/C34H46N6O9/c1-20(41)36-16-14-21-10-11-22-17-27(46-5)30(47-6)31(48-7)29(22)24-13-12-23(18-25(21)24)38-32(42)26(39-33(43)49-34(2,3)4)9-8-15-37-28(35)19-40(44)45/h12-14,16-18,21,26H,8-11,15,19H2,1-7H3,(H2,35,37)(H,36,41)(H,38,42)(H,39,43)/b16-14+/t21?,26-/m0/s1. The number of fused-ring (bicyclic) bond motifs is 3. The smallest absolute Gasteiger partial charge is 0.408 e. The fraction of sp³-hybridized carbons (Fsp3) is 0.471. The number of aryl methyl sites for hydroxylation is 1. The molecule has 0 aromatic heterocycles. The summed E-state index contributed by atoms with van der Waals surface area (Å²) in [6.45, 7) is 6.08. The van der Waals surface area contributed by atoms with E-state index in [4.69, 9.17) is 24.7 Å². The van der Waals surface area contributed by atoms with E-state index in [0.29, 0.717) is 42.2 Å². The molecule has 3 rings (SSSR count). The van der Waals surface area contributed by atoms with Gasteiger partial charge in [-0.1, -0.05) is 12.1 Å². The van der Waals surface area contributed by atoms with Crippen molar-refractivity contribution < 1.29 is 38.3 Å². The molecule has 1 unspecified atom stereocenters. The number of carbonyl (C=O) groups excluding carboxylic acids is 3. The summed E-state index contributed by atoms with van der Waals surface area (Å²) in [6.07, 6.45) is 4.49. The number of carbonyl (C=O) groups is 3. The monoisotopic (exact) mass is 682 g/mol. The van der Waals surface area contributed by atoms with Gasteiger partial charge in [-0.2, -0.15) is 0 Å². The molecule has 0 spiro atoms. The van der Waals surface area contributed by atoms with Crippen molar-refractivity contribution in [3.8, 4) is 28.4 Å². The zero-order valence-electron chi connectivity index (χ0n) is 29.0. The van der Waals surface area contributed by atoms with Crippen LogP contribution in [0.2, 0.25) is 0 Å². The number of rotatable bonds is 14. The third-order valence-corrected chi connectivity index (χ3v) is 7.50. The Morgan fingerprint density at radius 3 is 2.45 bits per heavy atom. The number of ether oxygens (including phenoxy) is 4. The van der Waals surface area contributed by atoms with E-state index in [1.54, 1.807) is 47.3 Å². The Morgan fingerprint density at radius 1 is 1.12 bits per heavy atom. The summed E-state index contributed by atoms with van der Waals surface area (Å²) in [6, 6.07) is 6.40. The van der Waals surface area contributed by atoms with Crippen molar-refractivity contribution in [1.29, 1.82) is 0 Å². The second-order valence-corrected chi connectivity index (χ2v) is 12.4. The highest BCUT2D eigenvalue weighted by molar-refractivity contribution is 5.97. The first-order chi connectivity index (χ1) is 23.2. The van der Waals surface area contributed by atoms with Crippen LogP contribution in [-0.2, 0) is 20.7 Å². The maximum atomic E-state index is 13.7. The van der Waals surface area contributed by atoms with Gasteiger partial charge in [0.25, 0.3) is 6.54 Å². The zero-order chi connectivity index (χ0) is 36.3. The van der Waals surface area contributed by atoms with Gasteiger partial charge in [-0.15, -0.1) is 0 Å². The average molecular weight is 683 g/mol. The van der Waals surface area contributed by atoms with Gasteiger partial charge in [0.15, 0.2) is 17.3 Å². The molecule has 3 amide bonds. The van der Waals surface area contributed by atoms with Crippen LogP contribution in [-0.4, -0.2) is 74.7 Å². The van der Waals surface area contributed by atoms with Crippen molar-refractivity contribution in [1.82, 2.24) is 10.6 Å². The van der Waals surface area contributed by atoms with Gasteiger partial charge in [-0.3, -0.25) is 24.7 Å². The SMILES string of the molecule is COc1cc2c(c(OC)c1OC)-c1ccc(NC(=O)[C@H](CCCN=C(N)C[N+](=O)[O-])NC(=O)OC(C)(C)C)cc1C(/C=C/NC(C)=O)CC2. The second kappa shape index (κ2) is 17.2. The lowest BCUT2D eigenvalue weighted by atomic mass is 9.90. The largest absolute Gasteiger partial charge is 0.493 e. The Morgan fingerprint density at radius 2 is 1.84 bits per heavy atom. The molecule has 0 aliphatic heterocycles. The Hall–Kier alpha value is -5.34. The van der Waals surface area contributed by atoms with E-state index in [2.05, 4.69) is 20.9 Å². The Labute approximate surface area is 285 Å². The zero-order valence-corrected chi connectivity index (χ0v) is 29.0. The van der Waals surface area contributed by atoms with Gasteiger partial charge in [0.05, 0.1) is 21.3 Å². The van der Waals surface area contributed by atoms with Crippen LogP contribution in [0.3, 0.4) is 0 Å². The fourth-order valence-corrected chi connectivity index (χ4v) is 5.47. The van der Waals surface area contributed by atoms with Gasteiger partial charge < -0.3 is 40.6 Å². The second-order valence-electron chi connectivity index (χ2n) is 12.4. The first-order valence-corrected chi connectivity index (χ1v) is 15.8. The lowest BCUT2D eigenvalue weighted by molar-refractivity contribution is -0.463. The van der Waals surface area contributed by atoms with E-state index >= 15 is 0 Å². The van der Waals surface area contributed by atoms with Gasteiger partial charge in [-0.05, 0) is 81.3 Å². The maximum absolute atomic E-state index is 13.7. The van der Waals surface area contributed by atoms with E-state index < -0.39 is 35.1 Å². The molecule has 2 aromatic rings. The number of allylic oxidation sites excluding steroid dienone is 1. The molecule has 15 heteroatoms. The molecule has 49 heavy (non-hydrogen) atoms. The maximum Gasteiger partial charge on any atom is 0.408 e. The highest BCUT2D eigenvalue weighted by atomic mass is 16.6. The molecular weight excluding hydrogens is 636 g/mol. The molecular formula is C34H46N6O9. The number of nitro groups is 1. The number of amidine groups is 1. The molecule has 0 saturated heterocycles. The van der Waals surface area contributed by atoms with E-state index in [1.165, 1.54) is 14.0 Å². The summed E-state index contributed by atoms with van der Waals surface area (Å²) in [5, 5.41) is 18.9. The van der Waals surface area contributed by atoms with Crippen LogP contribution in [0.15, 0.2) is 41.5 Å². The van der Waals surface area contributed by atoms with Crippen molar-refractivity contribution >= 4 is 29.4 Å². The number of alkyl carbamates (subject to hydrolysis) is 1. The minimum atomic E-state index is -1.02. The predicted octanol–water partition coefficient (Wildman–Crippen LogP) is 4.30. The molecule has 0 fully saturated rings. The highest BCUT2D eigenvalue weighted by Crippen LogP contribution is 2.51. The molecule has 0 radical (unpaired) electrons. The van der Waals surface area contributed by atoms with Crippen LogP contribution in [0.25, 0.3) is 11.1 Å². The Bertz CT molecular complexity index is 1600. The van der Waals surface area contributed by atoms with Gasteiger partial charge in [-0.25, -0.2) is 4.79 Å². The van der Waals surface area contributed by atoms with Crippen LogP contribution < -0.4 is 35.9 Å². The van der Waals surface area contributed by atoms with Gasteiger partial charge in [0, 0.05) is 41.8 Å². The number of nitrogens with one attached hydrogen (secondary N) is 3. The molecule has 2 aromatic carbocycles. The van der Waals surface area contributed by atoms with Crippen molar-refractivity contribution in [3.05, 3.63) is 57.8 Å². The number of benzene rings is 2. The molecule has 266 valence electrons. The van der Waals surface area contributed by atoms with Crippen LogP contribution in [0.4, 0.5) is 10.5 Å². The number of amides is 3. The first-order valence-electron chi connectivity index (χ1n) is 15.8. The van der Waals surface area contributed by atoms with Crippen LogP contribution in [0.1, 0.15) is 64.0 Å². The van der Waals surface area contributed by atoms with Crippen LogP contribution >= 0.6 is 0 Å². The normalized spacial score (nSPS) is 14.8. The van der Waals surface area contributed by atoms with Gasteiger partial charge in [0.1, 0.15) is 11.6 Å². The van der Waals surface area contributed by atoms with Gasteiger partial charge >= 0.3 is 6.09 Å². The summed E-state index contributed by atoms with van der Waals surface area (Å²) in [7, 11) is 4.66. The Kier molecular flexibility index (Phi) is 13.4. The minimum Gasteiger partial charge on any atom is -0.493 e. The fourth-order valence-electron chi connectivity index (χ4n) is 5.47. The summed E-state index contributed by atoms with van der Waals surface area (Å²) in [5.74, 6) is 0.463. The first kappa shape index (κ1) is 38.1. The van der Waals surface area contributed by atoms with E-state index in [0.717, 1.165) is 22.3 Å². The quantitative estimate of drug-likeness (QED) is 0.0730. The number of methoxy groups -OCH3 is 3. The van der Waals surface area contributed by atoms with Crippen molar-refractivity contribution in [3.63, 3.8) is 0 Å². The van der Waals surface area contributed by atoms with Crippen LogP contribution in [0.5, 0.6) is 17.2 Å². The molecule has 0 saturated carbocycles. The molecule has 5 N–H and O–H groups in total. The summed E-state index contributed by atoms with van der Waals surface area (Å²) in [4.78, 5) is 52.1. The number of hydrogen-bond donors (Lipinski definition) is 4. The lowest BCUT2D eigenvalue weighted by Gasteiger charge is -2.24. The average Bonchev–Trinajstić information content (AvgIpc) is 3.16. The summed E-state index contributed by atoms with van der Waals surface area (Å²) in [5.41, 5.74) is 8.77. The molecule has 2 atom stereocenters. The number of hydrogen-bond acceptors (Lipinski definition) is 10. The summed E-state index contributed by atoms with van der Waals surface area (Å²) < 4.78 is 22.5. The number of anilines is 1. The summed E-state index contributed by atoms with van der Waals surface area (Å²) >= 11 is 0. The van der Waals surface area contributed by atoms with Crippen LogP contribution in [0, 0.1) is 10.1 Å². The number of aliphatic imine (C=N–C) groups is 1. The third-order valence-electron chi connectivity index (χ3n) is 7.50. The third kappa shape index (κ3) is 10.8. The minimum absolute atomic E-state index is 0.121. The van der Waals surface area contributed by atoms with Crippen molar-refractivity contribution in [2.75, 3.05) is 39.7 Å². The van der Waals surface area contributed by atoms with Crippen molar-refractivity contribution in [2.24, 2.45) is 10.7 Å². The number of nitrogens with zero attached hydrogens (tertiary/aromatic N) is 2. The van der Waals surface area contributed by atoms with E-state index in [9.17, 15) is 24.5 Å². The van der Waals surface area contributed by atoms with E-state index in [1.807, 2.05) is 24.3 Å².